The summed E-state index contributed by atoms with van der Waals surface area (Å²) in [4.78, 5) is 19.0. The van der Waals surface area contributed by atoms with E-state index in [-0.39, 0.29) is 11.8 Å². The first-order chi connectivity index (χ1) is 15.6. The summed E-state index contributed by atoms with van der Waals surface area (Å²) in [7, 11) is 4.87. The molecule has 1 aliphatic heterocycles. The molecule has 1 atom stereocenters. The van der Waals surface area contributed by atoms with Crippen LogP contribution in [0.2, 0.25) is 0 Å². The average Bonchev–Trinajstić information content (AvgIpc) is 3.45. The molecule has 1 amide bonds. The van der Waals surface area contributed by atoms with Crippen LogP contribution in [0.5, 0.6) is 17.2 Å². The fourth-order valence-corrected chi connectivity index (χ4v) is 3.86. The smallest absolute Gasteiger partial charge is 0.226 e. The van der Waals surface area contributed by atoms with E-state index in [9.17, 15) is 4.79 Å². The van der Waals surface area contributed by atoms with Crippen molar-refractivity contribution in [2.45, 2.75) is 31.7 Å². The van der Waals surface area contributed by atoms with Crippen LogP contribution in [0.4, 0.5) is 0 Å². The Bertz CT molecular complexity index is 1060. The lowest BCUT2D eigenvalue weighted by Gasteiger charge is -2.18. The Labute approximate surface area is 187 Å². The molecule has 8 heteroatoms. The number of aromatic nitrogens is 2. The Kier molecular flexibility index (Phi) is 6.58. The molecule has 1 unspecified atom stereocenters. The van der Waals surface area contributed by atoms with E-state index < -0.39 is 0 Å². The Morgan fingerprint density at radius 3 is 2.47 bits per heavy atom. The molecule has 0 spiro atoms. The molecular weight excluding hydrogens is 410 g/mol. The number of ether oxygens (including phenoxy) is 3. The second kappa shape index (κ2) is 9.72. The summed E-state index contributed by atoms with van der Waals surface area (Å²) in [5.74, 6) is 3.40. The van der Waals surface area contributed by atoms with Crippen LogP contribution in [0.15, 0.2) is 47.0 Å². The average molecular weight is 437 g/mol. The third-order valence-electron chi connectivity index (χ3n) is 5.71. The number of methoxy groups -OCH3 is 3. The maximum Gasteiger partial charge on any atom is 0.226 e. The standard InChI is InChI=1S/C24H27N3O5/c1-29-19-8-4-16(5-9-19)6-11-22-25-24(26-32-22)18-12-23(28)27(15-18)14-17-7-10-20(30-2)13-21(17)31-3/h4-5,7-10,13,18H,6,11-12,14-15H2,1-3H3. The minimum Gasteiger partial charge on any atom is -0.497 e. The van der Waals surface area contributed by atoms with Crippen molar-refractivity contribution in [3.63, 3.8) is 0 Å². The maximum atomic E-state index is 12.6. The van der Waals surface area contributed by atoms with Crippen LogP contribution < -0.4 is 14.2 Å². The van der Waals surface area contributed by atoms with E-state index in [0.29, 0.717) is 49.1 Å². The summed E-state index contributed by atoms with van der Waals surface area (Å²) in [5.41, 5.74) is 2.09. The van der Waals surface area contributed by atoms with Gasteiger partial charge in [-0.25, -0.2) is 0 Å². The van der Waals surface area contributed by atoms with Gasteiger partial charge in [-0.15, -0.1) is 0 Å². The Morgan fingerprint density at radius 1 is 1.00 bits per heavy atom. The zero-order chi connectivity index (χ0) is 22.5. The maximum absolute atomic E-state index is 12.6. The third kappa shape index (κ3) is 4.85. The van der Waals surface area contributed by atoms with Gasteiger partial charge in [-0.05, 0) is 36.2 Å². The lowest BCUT2D eigenvalue weighted by Crippen LogP contribution is -2.24. The summed E-state index contributed by atoms with van der Waals surface area (Å²) < 4.78 is 21.3. The van der Waals surface area contributed by atoms with E-state index >= 15 is 0 Å². The molecule has 0 radical (unpaired) electrons. The quantitative estimate of drug-likeness (QED) is 0.507. The highest BCUT2D eigenvalue weighted by molar-refractivity contribution is 5.79. The van der Waals surface area contributed by atoms with Crippen LogP contribution >= 0.6 is 0 Å². The molecule has 32 heavy (non-hydrogen) atoms. The number of nitrogens with zero attached hydrogens (tertiary/aromatic N) is 3. The second-order valence-corrected chi connectivity index (χ2v) is 7.75. The van der Waals surface area contributed by atoms with Crippen LogP contribution in [0.1, 0.15) is 35.2 Å². The first kappa shape index (κ1) is 21.7. The molecule has 0 N–H and O–H groups in total. The first-order valence-corrected chi connectivity index (χ1v) is 10.5. The lowest BCUT2D eigenvalue weighted by atomic mass is 10.1. The van der Waals surface area contributed by atoms with Crippen molar-refractivity contribution >= 4 is 5.91 Å². The molecule has 3 aromatic rings. The van der Waals surface area contributed by atoms with Gasteiger partial charge in [-0.2, -0.15) is 4.98 Å². The zero-order valence-electron chi connectivity index (χ0n) is 18.5. The van der Waals surface area contributed by atoms with Gasteiger partial charge in [0.25, 0.3) is 0 Å². The summed E-state index contributed by atoms with van der Waals surface area (Å²) in [5, 5.41) is 4.14. The largest absolute Gasteiger partial charge is 0.497 e. The molecule has 0 aliphatic carbocycles. The minimum atomic E-state index is -0.0785. The molecule has 4 rings (SSSR count). The predicted molar refractivity (Wildman–Crippen MR) is 117 cm³/mol. The Morgan fingerprint density at radius 2 is 1.75 bits per heavy atom. The molecule has 2 heterocycles. The summed E-state index contributed by atoms with van der Waals surface area (Å²) in [6.07, 6.45) is 1.81. The molecular formula is C24H27N3O5. The van der Waals surface area contributed by atoms with Gasteiger partial charge in [0.1, 0.15) is 17.2 Å². The van der Waals surface area contributed by atoms with Crippen molar-refractivity contribution < 1.29 is 23.5 Å². The third-order valence-corrected chi connectivity index (χ3v) is 5.71. The fourth-order valence-electron chi connectivity index (χ4n) is 3.86. The molecule has 1 saturated heterocycles. The van der Waals surface area contributed by atoms with Gasteiger partial charge in [0, 0.05) is 43.5 Å². The summed E-state index contributed by atoms with van der Waals surface area (Å²) in [6, 6.07) is 13.5. The number of hydrogen-bond acceptors (Lipinski definition) is 7. The number of carbonyl (C=O) groups excluding carboxylic acids is 1. The monoisotopic (exact) mass is 437 g/mol. The number of hydrogen-bond donors (Lipinski definition) is 0. The second-order valence-electron chi connectivity index (χ2n) is 7.75. The summed E-state index contributed by atoms with van der Waals surface area (Å²) >= 11 is 0. The number of amides is 1. The van der Waals surface area contributed by atoms with E-state index in [1.807, 2.05) is 47.4 Å². The van der Waals surface area contributed by atoms with Crippen molar-refractivity contribution in [2.75, 3.05) is 27.9 Å². The predicted octanol–water partition coefficient (Wildman–Crippen LogP) is 3.40. The van der Waals surface area contributed by atoms with Gasteiger partial charge in [0.05, 0.1) is 21.3 Å². The van der Waals surface area contributed by atoms with Crippen LogP contribution in [-0.2, 0) is 24.2 Å². The fraction of sp³-hybridized carbons (Fsp3) is 0.375. The van der Waals surface area contributed by atoms with Gasteiger partial charge >= 0.3 is 0 Å². The van der Waals surface area contributed by atoms with E-state index in [2.05, 4.69) is 10.1 Å². The van der Waals surface area contributed by atoms with Crippen LogP contribution in [0, 0.1) is 0 Å². The topological polar surface area (TPSA) is 86.9 Å². The van der Waals surface area contributed by atoms with Gasteiger partial charge < -0.3 is 23.6 Å². The van der Waals surface area contributed by atoms with E-state index in [4.69, 9.17) is 18.7 Å². The molecule has 168 valence electrons. The first-order valence-electron chi connectivity index (χ1n) is 10.5. The highest BCUT2D eigenvalue weighted by Gasteiger charge is 2.34. The van der Waals surface area contributed by atoms with Crippen molar-refractivity contribution in [3.8, 4) is 17.2 Å². The molecule has 0 saturated carbocycles. The van der Waals surface area contributed by atoms with Crippen molar-refractivity contribution in [2.24, 2.45) is 0 Å². The number of carbonyl (C=O) groups is 1. The molecule has 1 aliphatic rings. The molecule has 2 aromatic carbocycles. The Balaban J connectivity index is 1.36. The molecule has 0 bridgehead atoms. The number of benzene rings is 2. The van der Waals surface area contributed by atoms with E-state index in [1.165, 1.54) is 5.56 Å². The normalized spacial score (nSPS) is 15.8. The van der Waals surface area contributed by atoms with Crippen LogP contribution in [0.3, 0.4) is 0 Å². The van der Waals surface area contributed by atoms with Gasteiger partial charge in [0.2, 0.25) is 11.8 Å². The SMILES string of the molecule is COc1ccc(CCc2nc(C3CC(=O)N(Cc4ccc(OC)cc4OC)C3)no2)cc1. The lowest BCUT2D eigenvalue weighted by molar-refractivity contribution is -0.128. The van der Waals surface area contributed by atoms with Crippen molar-refractivity contribution in [1.82, 2.24) is 15.0 Å². The van der Waals surface area contributed by atoms with Crippen LogP contribution in [0.25, 0.3) is 0 Å². The van der Waals surface area contributed by atoms with Crippen LogP contribution in [-0.4, -0.2) is 48.8 Å². The summed E-state index contributed by atoms with van der Waals surface area (Å²) in [6.45, 7) is 1.01. The highest BCUT2D eigenvalue weighted by Crippen LogP contribution is 2.31. The van der Waals surface area contributed by atoms with Gasteiger partial charge in [-0.3, -0.25) is 4.79 Å². The zero-order valence-corrected chi connectivity index (χ0v) is 18.5. The molecule has 1 aromatic heterocycles. The number of aryl methyl sites for hydroxylation is 2. The highest BCUT2D eigenvalue weighted by atomic mass is 16.5. The van der Waals surface area contributed by atoms with Crippen molar-refractivity contribution in [1.29, 1.82) is 0 Å². The van der Waals surface area contributed by atoms with Gasteiger partial charge in [-0.1, -0.05) is 17.3 Å². The van der Waals surface area contributed by atoms with E-state index in [1.54, 1.807) is 21.3 Å². The van der Waals surface area contributed by atoms with Crippen molar-refractivity contribution in [3.05, 3.63) is 65.3 Å². The minimum absolute atomic E-state index is 0.0671. The van der Waals surface area contributed by atoms with Gasteiger partial charge in [0.15, 0.2) is 5.82 Å². The van der Waals surface area contributed by atoms with E-state index in [0.717, 1.165) is 17.7 Å². The molecule has 8 nitrogen and oxygen atoms in total. The molecule has 1 fully saturated rings. The Hall–Kier alpha value is -3.55. The number of rotatable bonds is 9. The number of likely N-dealkylation sites (tertiary alicyclic amines) is 1.